The highest BCUT2D eigenvalue weighted by Crippen LogP contribution is 2.28. The summed E-state index contributed by atoms with van der Waals surface area (Å²) in [6.07, 6.45) is 6.58. The summed E-state index contributed by atoms with van der Waals surface area (Å²) >= 11 is 0. The number of carbonyl (C=O) groups is 1. The van der Waals surface area contributed by atoms with E-state index in [1.165, 1.54) is 11.6 Å². The Morgan fingerprint density at radius 1 is 1.27 bits per heavy atom. The molecule has 1 aromatic carbocycles. The normalized spacial score (nSPS) is 14.3. The number of amides is 2. The molecule has 5 nitrogen and oxygen atoms in total. The van der Waals surface area contributed by atoms with Crippen LogP contribution in [0.5, 0.6) is 0 Å². The third kappa shape index (κ3) is 3.18. The summed E-state index contributed by atoms with van der Waals surface area (Å²) < 4.78 is 13.6. The number of halogens is 1. The maximum Gasteiger partial charge on any atom is 0.317 e. The number of hydrogen-bond acceptors (Lipinski definition) is 2. The second kappa shape index (κ2) is 7.00. The number of aromatic amines is 1. The molecule has 1 aliphatic rings. The van der Waals surface area contributed by atoms with Crippen LogP contribution in [0.1, 0.15) is 17.5 Å². The molecule has 0 fully saturated rings. The zero-order chi connectivity index (χ0) is 17.9. The summed E-state index contributed by atoms with van der Waals surface area (Å²) in [6, 6.07) is 10.3. The quantitative estimate of drug-likeness (QED) is 0.757. The van der Waals surface area contributed by atoms with Crippen LogP contribution in [0.3, 0.4) is 0 Å². The van der Waals surface area contributed by atoms with Gasteiger partial charge in [-0.25, -0.2) is 14.2 Å². The number of pyridine rings is 1. The van der Waals surface area contributed by atoms with Crippen molar-refractivity contribution in [2.75, 3.05) is 13.1 Å². The lowest BCUT2D eigenvalue weighted by molar-refractivity contribution is 0.202. The fraction of sp³-hybridized carbons (Fsp3) is 0.200. The predicted octanol–water partition coefficient (Wildman–Crippen LogP) is 3.70. The van der Waals surface area contributed by atoms with Crippen molar-refractivity contribution < 1.29 is 9.18 Å². The number of nitrogens with one attached hydrogen (secondary N) is 2. The lowest BCUT2D eigenvalue weighted by Crippen LogP contribution is -2.41. The number of rotatable bonds is 3. The molecule has 3 aromatic rings. The number of nitrogens with zero attached hydrogens (tertiary/aromatic N) is 2. The van der Waals surface area contributed by atoms with E-state index < -0.39 is 0 Å². The zero-order valence-electron chi connectivity index (χ0n) is 14.2. The van der Waals surface area contributed by atoms with Crippen LogP contribution in [0.25, 0.3) is 16.6 Å². The molecule has 132 valence electrons. The van der Waals surface area contributed by atoms with Crippen molar-refractivity contribution in [2.45, 2.75) is 13.0 Å². The van der Waals surface area contributed by atoms with E-state index in [1.54, 1.807) is 29.3 Å². The molecule has 1 aliphatic heterocycles. The van der Waals surface area contributed by atoms with Gasteiger partial charge >= 0.3 is 6.03 Å². The van der Waals surface area contributed by atoms with Crippen LogP contribution >= 0.6 is 0 Å². The summed E-state index contributed by atoms with van der Waals surface area (Å²) in [5.74, 6) is -0.304. The van der Waals surface area contributed by atoms with Gasteiger partial charge in [0.15, 0.2) is 0 Å². The topological polar surface area (TPSA) is 61.0 Å². The molecule has 0 spiro atoms. The average molecular weight is 350 g/mol. The SMILES string of the molecule is O=C(NCc1ccccc1F)N1CC=C(c2c[nH]c3ncccc23)CC1. The average Bonchev–Trinajstić information content (AvgIpc) is 3.11. The van der Waals surface area contributed by atoms with Crippen LogP contribution in [0.4, 0.5) is 9.18 Å². The zero-order valence-corrected chi connectivity index (χ0v) is 14.2. The lowest BCUT2D eigenvalue weighted by atomic mass is 10.00. The van der Waals surface area contributed by atoms with Crippen LogP contribution in [0.15, 0.2) is 54.9 Å². The Morgan fingerprint density at radius 3 is 2.96 bits per heavy atom. The van der Waals surface area contributed by atoms with Crippen molar-refractivity contribution in [1.29, 1.82) is 0 Å². The van der Waals surface area contributed by atoms with Crippen molar-refractivity contribution in [1.82, 2.24) is 20.2 Å². The Morgan fingerprint density at radius 2 is 2.15 bits per heavy atom. The van der Waals surface area contributed by atoms with E-state index in [9.17, 15) is 9.18 Å². The Kier molecular flexibility index (Phi) is 4.39. The van der Waals surface area contributed by atoms with E-state index in [4.69, 9.17) is 0 Å². The minimum absolute atomic E-state index is 0.177. The van der Waals surface area contributed by atoms with Gasteiger partial charge in [0.25, 0.3) is 0 Å². The molecule has 2 N–H and O–H groups in total. The molecule has 0 aliphatic carbocycles. The Labute approximate surface area is 150 Å². The fourth-order valence-corrected chi connectivity index (χ4v) is 3.24. The van der Waals surface area contributed by atoms with Crippen LogP contribution in [0, 0.1) is 5.82 Å². The van der Waals surface area contributed by atoms with Gasteiger partial charge in [0.05, 0.1) is 0 Å². The van der Waals surface area contributed by atoms with E-state index >= 15 is 0 Å². The molecular formula is C20H19FN4O. The first kappa shape index (κ1) is 16.3. The molecule has 3 heterocycles. The largest absolute Gasteiger partial charge is 0.346 e. The number of benzene rings is 1. The van der Waals surface area contributed by atoms with E-state index in [-0.39, 0.29) is 18.4 Å². The number of carbonyl (C=O) groups excluding carboxylic acids is 1. The van der Waals surface area contributed by atoms with Crippen LogP contribution in [0.2, 0.25) is 0 Å². The number of hydrogen-bond donors (Lipinski definition) is 2. The number of fused-ring (bicyclic) bond motifs is 1. The summed E-state index contributed by atoms with van der Waals surface area (Å²) in [5.41, 5.74) is 3.70. The maximum absolute atomic E-state index is 13.6. The lowest BCUT2D eigenvalue weighted by Gasteiger charge is -2.26. The van der Waals surface area contributed by atoms with E-state index in [2.05, 4.69) is 21.4 Å². The first-order valence-electron chi connectivity index (χ1n) is 8.60. The van der Waals surface area contributed by atoms with E-state index in [0.717, 1.165) is 23.0 Å². The molecule has 0 bridgehead atoms. The maximum atomic E-state index is 13.6. The van der Waals surface area contributed by atoms with Gasteiger partial charge < -0.3 is 15.2 Å². The second-order valence-corrected chi connectivity index (χ2v) is 6.28. The highest BCUT2D eigenvalue weighted by atomic mass is 19.1. The highest BCUT2D eigenvalue weighted by Gasteiger charge is 2.19. The summed E-state index contributed by atoms with van der Waals surface area (Å²) in [5, 5.41) is 3.88. The molecule has 2 amide bonds. The number of H-pyrrole nitrogens is 1. The standard InChI is InChI=1S/C20H19FN4O/c21-18-6-2-1-4-15(18)12-24-20(26)25-10-7-14(8-11-25)17-13-23-19-16(17)5-3-9-22-19/h1-7,9,13H,8,10-12H2,(H,22,23)(H,24,26). The third-order valence-corrected chi connectivity index (χ3v) is 4.68. The predicted molar refractivity (Wildman–Crippen MR) is 98.9 cm³/mol. The van der Waals surface area contributed by atoms with Gasteiger partial charge in [0, 0.05) is 48.5 Å². The van der Waals surface area contributed by atoms with Crippen molar-refractivity contribution >= 4 is 22.6 Å². The second-order valence-electron chi connectivity index (χ2n) is 6.28. The van der Waals surface area contributed by atoms with E-state index in [0.29, 0.717) is 18.7 Å². The van der Waals surface area contributed by atoms with E-state index in [1.807, 2.05) is 18.3 Å². The first-order chi connectivity index (χ1) is 12.7. The first-order valence-corrected chi connectivity index (χ1v) is 8.60. The molecule has 26 heavy (non-hydrogen) atoms. The van der Waals surface area contributed by atoms with Crippen molar-refractivity contribution in [2.24, 2.45) is 0 Å². The Bertz CT molecular complexity index is 979. The summed E-state index contributed by atoms with van der Waals surface area (Å²) in [4.78, 5) is 21.6. The summed E-state index contributed by atoms with van der Waals surface area (Å²) in [7, 11) is 0. The molecule has 0 unspecified atom stereocenters. The third-order valence-electron chi connectivity index (χ3n) is 4.68. The minimum Gasteiger partial charge on any atom is -0.346 e. The molecule has 6 heteroatoms. The van der Waals surface area contributed by atoms with Gasteiger partial charge in [-0.2, -0.15) is 0 Å². The molecule has 0 radical (unpaired) electrons. The molecule has 2 aromatic heterocycles. The van der Waals surface area contributed by atoms with Crippen molar-refractivity contribution in [3.63, 3.8) is 0 Å². The monoisotopic (exact) mass is 350 g/mol. The summed E-state index contributed by atoms with van der Waals surface area (Å²) in [6.45, 7) is 1.35. The van der Waals surface area contributed by atoms with Crippen LogP contribution in [-0.2, 0) is 6.54 Å². The van der Waals surface area contributed by atoms with Gasteiger partial charge in [-0.05, 0) is 30.2 Å². The fourth-order valence-electron chi connectivity index (χ4n) is 3.24. The van der Waals surface area contributed by atoms with Gasteiger partial charge in [0.2, 0.25) is 0 Å². The van der Waals surface area contributed by atoms with Crippen LogP contribution in [-0.4, -0.2) is 34.0 Å². The Hall–Kier alpha value is -3.15. The van der Waals surface area contributed by atoms with Gasteiger partial charge in [-0.3, -0.25) is 0 Å². The van der Waals surface area contributed by atoms with Gasteiger partial charge in [0.1, 0.15) is 11.5 Å². The van der Waals surface area contributed by atoms with Gasteiger partial charge in [-0.1, -0.05) is 24.3 Å². The molecular weight excluding hydrogens is 331 g/mol. The van der Waals surface area contributed by atoms with Crippen molar-refractivity contribution in [3.05, 3.63) is 71.8 Å². The minimum atomic E-state index is -0.304. The van der Waals surface area contributed by atoms with Crippen molar-refractivity contribution in [3.8, 4) is 0 Å². The molecule has 0 atom stereocenters. The number of aromatic nitrogens is 2. The molecule has 0 saturated heterocycles. The Balaban J connectivity index is 1.41. The highest BCUT2D eigenvalue weighted by molar-refractivity contribution is 5.91. The number of urea groups is 1. The molecule has 4 rings (SSSR count). The van der Waals surface area contributed by atoms with Gasteiger partial charge in [-0.15, -0.1) is 0 Å². The van der Waals surface area contributed by atoms with Crippen LogP contribution < -0.4 is 5.32 Å². The molecule has 0 saturated carbocycles. The smallest absolute Gasteiger partial charge is 0.317 e.